The van der Waals surface area contributed by atoms with Gasteiger partial charge >= 0.3 is 5.97 Å². The zero-order valence-electron chi connectivity index (χ0n) is 9.73. The first-order valence-corrected chi connectivity index (χ1v) is 6.48. The van der Waals surface area contributed by atoms with Crippen molar-refractivity contribution in [1.29, 1.82) is 0 Å². The molecule has 5 nitrogen and oxygen atoms in total. The molecule has 0 bridgehead atoms. The molecule has 7 heteroatoms. The van der Waals surface area contributed by atoms with E-state index in [-0.39, 0.29) is 5.97 Å². The van der Waals surface area contributed by atoms with Gasteiger partial charge in [-0.2, -0.15) is 4.37 Å². The molecule has 0 amide bonds. The zero-order chi connectivity index (χ0) is 12.2. The summed E-state index contributed by atoms with van der Waals surface area (Å²) in [5.74, 6) is 1.05. The third-order valence-corrected chi connectivity index (χ3v) is 4.42. The predicted molar refractivity (Wildman–Crippen MR) is 64.9 cm³/mol. The first kappa shape index (κ1) is 13.4. The number of hydrogen-bond donors (Lipinski definition) is 1. The average molecular weight is 261 g/mol. The average Bonchev–Trinajstić information content (AvgIpc) is 2.71. The van der Waals surface area contributed by atoms with E-state index >= 15 is 0 Å². The molecule has 1 unspecified atom stereocenters. The van der Waals surface area contributed by atoms with E-state index in [0.717, 1.165) is 10.2 Å². The molecule has 0 radical (unpaired) electrons. The van der Waals surface area contributed by atoms with Crippen LogP contribution in [0.15, 0.2) is 4.34 Å². The Labute approximate surface area is 103 Å². The summed E-state index contributed by atoms with van der Waals surface area (Å²) in [6, 6.07) is 0. The van der Waals surface area contributed by atoms with Gasteiger partial charge in [0.25, 0.3) is 0 Å². The normalized spacial score (nSPS) is 14.5. The highest BCUT2D eigenvalue weighted by Gasteiger charge is 2.32. The van der Waals surface area contributed by atoms with E-state index in [2.05, 4.69) is 14.7 Å². The van der Waals surface area contributed by atoms with Crippen LogP contribution in [0.5, 0.6) is 0 Å². The lowest BCUT2D eigenvalue weighted by molar-refractivity contribution is -0.146. The molecule has 0 fully saturated rings. The van der Waals surface area contributed by atoms with Crippen LogP contribution in [-0.4, -0.2) is 40.8 Å². The number of carbonyl (C=O) groups is 1. The van der Waals surface area contributed by atoms with Gasteiger partial charge in [-0.1, -0.05) is 11.8 Å². The van der Waals surface area contributed by atoms with Crippen LogP contribution in [0, 0.1) is 6.92 Å². The molecule has 1 aromatic heterocycles. The summed E-state index contributed by atoms with van der Waals surface area (Å²) in [5.41, 5.74) is -0.695. The van der Waals surface area contributed by atoms with Crippen LogP contribution in [0.1, 0.15) is 12.7 Å². The van der Waals surface area contributed by atoms with Crippen LogP contribution in [-0.2, 0) is 9.53 Å². The van der Waals surface area contributed by atoms with Gasteiger partial charge in [-0.15, -0.1) is 0 Å². The summed E-state index contributed by atoms with van der Waals surface area (Å²) in [6.45, 7) is 3.65. The molecule has 0 spiro atoms. The first-order chi connectivity index (χ1) is 7.51. The van der Waals surface area contributed by atoms with Gasteiger partial charge in [0.05, 0.1) is 7.11 Å². The number of likely N-dealkylation sites (N-methyl/N-ethyl adjacent to an activating group) is 1. The predicted octanol–water partition coefficient (Wildman–Crippen LogP) is 1.09. The first-order valence-electron chi connectivity index (χ1n) is 4.72. The Bertz CT molecular complexity index is 369. The van der Waals surface area contributed by atoms with Crippen molar-refractivity contribution in [2.45, 2.75) is 23.7 Å². The summed E-state index contributed by atoms with van der Waals surface area (Å²) >= 11 is 2.84. The monoisotopic (exact) mass is 261 g/mol. The van der Waals surface area contributed by atoms with Crippen molar-refractivity contribution in [3.63, 3.8) is 0 Å². The second-order valence-electron chi connectivity index (χ2n) is 3.47. The minimum atomic E-state index is -0.695. The minimum Gasteiger partial charge on any atom is -0.468 e. The highest BCUT2D eigenvalue weighted by atomic mass is 32.2. The third-order valence-electron chi connectivity index (χ3n) is 2.18. The van der Waals surface area contributed by atoms with E-state index in [4.69, 9.17) is 4.74 Å². The van der Waals surface area contributed by atoms with Gasteiger partial charge in [-0.25, -0.2) is 4.98 Å². The van der Waals surface area contributed by atoms with Gasteiger partial charge in [0.2, 0.25) is 0 Å². The second kappa shape index (κ2) is 5.60. The largest absolute Gasteiger partial charge is 0.468 e. The SMILES string of the molecule is CNC(C)(CSc1nc(C)ns1)C(=O)OC. The lowest BCUT2D eigenvalue weighted by Gasteiger charge is -2.24. The molecule has 1 N–H and O–H groups in total. The summed E-state index contributed by atoms with van der Waals surface area (Å²) in [6.07, 6.45) is 0. The summed E-state index contributed by atoms with van der Waals surface area (Å²) in [7, 11) is 3.13. The Balaban J connectivity index is 2.61. The number of ether oxygens (including phenoxy) is 1. The lowest BCUT2D eigenvalue weighted by atomic mass is 10.1. The second-order valence-corrected chi connectivity index (χ2v) is 5.44. The van der Waals surface area contributed by atoms with E-state index in [9.17, 15) is 4.79 Å². The number of esters is 1. The Morgan fingerprint density at radius 1 is 1.69 bits per heavy atom. The minimum absolute atomic E-state index is 0.274. The van der Waals surface area contributed by atoms with Crippen LogP contribution < -0.4 is 5.32 Å². The molecule has 0 aliphatic carbocycles. The van der Waals surface area contributed by atoms with Crippen LogP contribution >= 0.6 is 23.3 Å². The maximum Gasteiger partial charge on any atom is 0.326 e. The summed E-state index contributed by atoms with van der Waals surface area (Å²) in [4.78, 5) is 15.8. The zero-order valence-corrected chi connectivity index (χ0v) is 11.4. The molecule has 1 rings (SSSR count). The van der Waals surface area contributed by atoms with Gasteiger partial charge in [0.1, 0.15) is 11.4 Å². The number of hydrogen-bond acceptors (Lipinski definition) is 7. The van der Waals surface area contributed by atoms with Crippen molar-refractivity contribution in [3.8, 4) is 0 Å². The van der Waals surface area contributed by atoms with Crippen molar-refractivity contribution in [3.05, 3.63) is 5.82 Å². The quantitative estimate of drug-likeness (QED) is 0.632. The Morgan fingerprint density at radius 2 is 2.38 bits per heavy atom. The number of methoxy groups -OCH3 is 1. The van der Waals surface area contributed by atoms with Crippen molar-refractivity contribution in [2.24, 2.45) is 0 Å². The third kappa shape index (κ3) is 3.16. The van der Waals surface area contributed by atoms with Gasteiger partial charge in [-0.3, -0.25) is 4.79 Å². The topological polar surface area (TPSA) is 64.1 Å². The van der Waals surface area contributed by atoms with E-state index in [1.54, 1.807) is 14.0 Å². The molecule has 1 atom stereocenters. The Hall–Kier alpha value is -0.660. The van der Waals surface area contributed by atoms with Gasteiger partial charge in [-0.05, 0) is 32.4 Å². The van der Waals surface area contributed by atoms with Crippen molar-refractivity contribution in [2.75, 3.05) is 19.9 Å². The van der Waals surface area contributed by atoms with Gasteiger partial charge in [0, 0.05) is 5.75 Å². The van der Waals surface area contributed by atoms with E-state index in [1.165, 1.54) is 30.4 Å². The van der Waals surface area contributed by atoms with Crippen LogP contribution in [0.4, 0.5) is 0 Å². The number of nitrogens with one attached hydrogen (secondary N) is 1. The fourth-order valence-electron chi connectivity index (χ4n) is 1.00. The number of aryl methyl sites for hydroxylation is 1. The standard InChI is InChI=1S/C9H15N3O2S2/c1-6-11-8(16-12-6)15-5-9(2,10-3)7(13)14-4/h10H,5H2,1-4H3. The number of thioether (sulfide) groups is 1. The van der Waals surface area contributed by atoms with Gasteiger partial charge in [0.15, 0.2) is 4.34 Å². The van der Waals surface area contributed by atoms with Crippen LogP contribution in [0.2, 0.25) is 0 Å². The lowest BCUT2D eigenvalue weighted by Crippen LogP contribution is -2.50. The number of aromatic nitrogens is 2. The Morgan fingerprint density at radius 3 is 2.81 bits per heavy atom. The van der Waals surface area contributed by atoms with Crippen molar-refractivity contribution >= 4 is 29.3 Å². The highest BCUT2D eigenvalue weighted by molar-refractivity contribution is 8.01. The fourth-order valence-corrected chi connectivity index (χ4v) is 2.80. The Kier molecular flexibility index (Phi) is 4.69. The van der Waals surface area contributed by atoms with E-state index in [0.29, 0.717) is 5.75 Å². The molecule has 1 aromatic rings. The number of nitrogens with zero attached hydrogens (tertiary/aromatic N) is 2. The number of rotatable bonds is 5. The van der Waals surface area contributed by atoms with Crippen molar-refractivity contribution < 1.29 is 9.53 Å². The smallest absolute Gasteiger partial charge is 0.326 e. The van der Waals surface area contributed by atoms with Crippen LogP contribution in [0.25, 0.3) is 0 Å². The summed E-state index contributed by atoms with van der Waals surface area (Å²) in [5, 5.41) is 2.97. The van der Waals surface area contributed by atoms with Crippen LogP contribution in [0.3, 0.4) is 0 Å². The van der Waals surface area contributed by atoms with Gasteiger partial charge < -0.3 is 10.1 Å². The number of carbonyl (C=O) groups excluding carboxylic acids is 1. The van der Waals surface area contributed by atoms with E-state index in [1.807, 2.05) is 6.92 Å². The summed E-state index contributed by atoms with van der Waals surface area (Å²) < 4.78 is 9.70. The van der Waals surface area contributed by atoms with Crippen molar-refractivity contribution in [1.82, 2.24) is 14.7 Å². The maximum atomic E-state index is 11.6. The molecule has 0 saturated heterocycles. The molecule has 16 heavy (non-hydrogen) atoms. The molecule has 1 heterocycles. The molecular formula is C9H15N3O2S2. The maximum absolute atomic E-state index is 11.6. The van der Waals surface area contributed by atoms with E-state index < -0.39 is 5.54 Å². The molecular weight excluding hydrogens is 246 g/mol. The fraction of sp³-hybridized carbons (Fsp3) is 0.667. The molecule has 0 aliphatic heterocycles. The molecule has 0 aromatic carbocycles. The molecule has 90 valence electrons. The highest BCUT2D eigenvalue weighted by Crippen LogP contribution is 2.24. The molecule has 0 aliphatic rings. The molecule has 0 saturated carbocycles.